The fourth-order valence-corrected chi connectivity index (χ4v) is 8.91. The van der Waals surface area contributed by atoms with E-state index in [0.29, 0.717) is 5.45 Å². The van der Waals surface area contributed by atoms with E-state index in [1.165, 1.54) is 24.3 Å². The van der Waals surface area contributed by atoms with Gasteiger partial charge in [0.25, 0.3) is 0 Å². The summed E-state index contributed by atoms with van der Waals surface area (Å²) in [6.07, 6.45) is -3.80. The van der Waals surface area contributed by atoms with E-state index in [-0.39, 0.29) is 37.2 Å². The van der Waals surface area contributed by atoms with Gasteiger partial charge in [0, 0.05) is 14.1 Å². The third-order valence-corrected chi connectivity index (χ3v) is 16.3. The summed E-state index contributed by atoms with van der Waals surface area (Å²) in [5, 5.41) is 23.7. The molecule has 0 aliphatic carbocycles. The van der Waals surface area contributed by atoms with Crippen molar-refractivity contribution in [3.8, 4) is 0 Å². The van der Waals surface area contributed by atoms with Crippen LogP contribution in [0.1, 0.15) is 49.3 Å². The van der Waals surface area contributed by atoms with Crippen LogP contribution in [-0.2, 0) is 44.2 Å². The lowest BCUT2D eigenvalue weighted by molar-refractivity contribution is -0.178. The van der Waals surface area contributed by atoms with Crippen LogP contribution in [0.15, 0.2) is 97.2 Å². The Bertz CT molecular complexity index is 1700. The summed E-state index contributed by atoms with van der Waals surface area (Å²) in [6, 6.07) is 28.5. The first kappa shape index (κ1) is 38.6. The molecule has 0 saturated carbocycles. The number of nitrogens with zero attached hydrogens (tertiary/aromatic N) is 3. The van der Waals surface area contributed by atoms with Gasteiger partial charge in [-0.05, 0) is 21.7 Å². The van der Waals surface area contributed by atoms with Crippen molar-refractivity contribution in [2.24, 2.45) is 0 Å². The second-order valence-electron chi connectivity index (χ2n) is 14.0. The van der Waals surface area contributed by atoms with Gasteiger partial charge in [-0.2, -0.15) is 12.7 Å². The van der Waals surface area contributed by atoms with Crippen molar-refractivity contribution >= 4 is 23.7 Å². The lowest BCUT2D eigenvalue weighted by Gasteiger charge is -2.37. The van der Waals surface area contributed by atoms with Gasteiger partial charge in [-0.15, -0.1) is 0 Å². The average Bonchev–Trinajstić information content (AvgIpc) is 3.54. The van der Waals surface area contributed by atoms with Crippen molar-refractivity contribution < 1.29 is 32.8 Å². The molecule has 4 atom stereocenters. The van der Waals surface area contributed by atoms with E-state index in [9.17, 15) is 18.6 Å². The summed E-state index contributed by atoms with van der Waals surface area (Å²) in [4.78, 5) is 4.68. The molecule has 0 fully saturated rings. The molecule has 0 bridgehead atoms. The number of benzene rings is 3. The van der Waals surface area contributed by atoms with E-state index in [2.05, 4.69) is 38.8 Å². The smallest absolute Gasteiger partial charge is 0.308 e. The minimum absolute atomic E-state index is 0.0253. The van der Waals surface area contributed by atoms with Gasteiger partial charge in [-0.3, -0.25) is 0 Å². The Labute approximate surface area is 292 Å². The minimum atomic E-state index is -4.15. The number of rotatable bonds is 17. The van der Waals surface area contributed by atoms with Gasteiger partial charge in [-0.25, -0.2) is 8.96 Å². The highest BCUT2D eigenvalue weighted by molar-refractivity contribution is 7.87. The first-order valence-electron chi connectivity index (χ1n) is 16.4. The van der Waals surface area contributed by atoms with Crippen LogP contribution in [-0.4, -0.2) is 79.0 Å². The predicted molar refractivity (Wildman–Crippen MR) is 194 cm³/mol. The van der Waals surface area contributed by atoms with Crippen LogP contribution in [0.4, 0.5) is 0 Å². The van der Waals surface area contributed by atoms with Gasteiger partial charge < -0.3 is 24.4 Å². The third-order valence-electron chi connectivity index (χ3n) is 9.16. The molecule has 0 saturated heterocycles. The summed E-state index contributed by atoms with van der Waals surface area (Å²) < 4.78 is 49.1. The summed E-state index contributed by atoms with van der Waals surface area (Å²) >= 11 is 0. The zero-order valence-corrected chi connectivity index (χ0v) is 31.4. The maximum Gasteiger partial charge on any atom is 0.308 e. The van der Waals surface area contributed by atoms with Crippen LogP contribution >= 0.6 is 0 Å². The molecule has 266 valence electrons. The largest absolute Gasteiger partial charge is 0.388 e. The summed E-state index contributed by atoms with van der Waals surface area (Å²) in [7, 11) is -3.83. The van der Waals surface area contributed by atoms with Crippen molar-refractivity contribution in [1.29, 1.82) is 0 Å². The number of hydrogen-bond acceptors (Lipinski definition) is 8. The molecule has 1 unspecified atom stereocenters. The highest BCUT2D eigenvalue weighted by Crippen LogP contribution is 2.37. The molecular formula is C37H51N3O7SSi. The monoisotopic (exact) mass is 709 g/mol. The minimum Gasteiger partial charge on any atom is -0.388 e. The normalized spacial score (nSPS) is 15.2. The van der Waals surface area contributed by atoms with Crippen LogP contribution in [0, 0.1) is 0 Å². The lowest BCUT2D eigenvalue weighted by atomic mass is 10.0. The molecule has 10 nitrogen and oxygen atoms in total. The van der Waals surface area contributed by atoms with Crippen molar-refractivity contribution in [2.45, 2.75) is 83.1 Å². The van der Waals surface area contributed by atoms with Crippen LogP contribution in [0.3, 0.4) is 0 Å². The molecule has 3 aromatic carbocycles. The molecule has 49 heavy (non-hydrogen) atoms. The SMILES string of the molecule is CN(C)S(=O)(=O)n1c(C(O)[C@H](OCc2ccccc2)[C@H](OCc2ccccc2)[C@H](O)COCc2ccccc2)cnc1[Si](C)(C)C(C)(C)C. The predicted octanol–water partition coefficient (Wildman–Crippen LogP) is 5.04. The Balaban J connectivity index is 1.79. The summed E-state index contributed by atoms with van der Waals surface area (Å²) in [5.41, 5.74) is 3.04. The standard InChI is InChI=1S/C37H51N3O7SSi/c1-37(2,3)49(6,7)36-38-23-31(40(36)48(43,44)39(4)5)33(42)35(47-26-30-21-15-10-16-22-30)34(46-25-29-19-13-9-14-20-29)32(41)27-45-24-28-17-11-8-12-18-28/h8-23,32-35,41-42H,24-27H2,1-7H3/t32-,33?,34-,35+/m1/s1. The van der Waals surface area contributed by atoms with E-state index in [1.54, 1.807) is 0 Å². The third kappa shape index (κ3) is 9.53. The Morgan fingerprint density at radius 2 is 1.22 bits per heavy atom. The van der Waals surface area contributed by atoms with Crippen molar-refractivity contribution in [1.82, 2.24) is 13.3 Å². The number of aliphatic hydroxyl groups is 2. The molecule has 1 aromatic heterocycles. The van der Waals surface area contributed by atoms with Gasteiger partial charge in [0.1, 0.15) is 37.9 Å². The molecular weight excluding hydrogens is 659 g/mol. The Hall–Kier alpha value is -3.20. The lowest BCUT2D eigenvalue weighted by Crippen LogP contribution is -2.56. The van der Waals surface area contributed by atoms with Crippen molar-refractivity contribution in [2.75, 3.05) is 20.7 Å². The summed E-state index contributed by atoms with van der Waals surface area (Å²) in [5.74, 6) is 0. The fraction of sp³-hybridized carbons (Fsp3) is 0.432. The Morgan fingerprint density at radius 1 is 0.776 bits per heavy atom. The molecule has 0 aliphatic heterocycles. The molecule has 0 amide bonds. The van der Waals surface area contributed by atoms with Crippen LogP contribution in [0.2, 0.25) is 18.1 Å². The molecule has 1 heterocycles. The zero-order valence-electron chi connectivity index (χ0n) is 29.6. The molecule has 0 radical (unpaired) electrons. The van der Waals surface area contributed by atoms with Crippen LogP contribution in [0.5, 0.6) is 0 Å². The number of imidazole rings is 1. The van der Waals surface area contributed by atoms with Gasteiger partial charge >= 0.3 is 10.2 Å². The molecule has 0 spiro atoms. The van der Waals surface area contributed by atoms with Crippen molar-refractivity contribution in [3.05, 3.63) is 120 Å². The maximum absolute atomic E-state index is 14.0. The number of aromatic nitrogens is 2. The summed E-state index contributed by atoms with van der Waals surface area (Å²) in [6.45, 7) is 10.6. The number of aliphatic hydroxyl groups excluding tert-OH is 2. The van der Waals surface area contributed by atoms with E-state index in [1.807, 2.05) is 91.0 Å². The second-order valence-corrected chi connectivity index (χ2v) is 21.2. The zero-order chi connectivity index (χ0) is 35.8. The van der Waals surface area contributed by atoms with Gasteiger partial charge in [0.05, 0.1) is 38.3 Å². The van der Waals surface area contributed by atoms with Crippen LogP contribution in [0.25, 0.3) is 0 Å². The van der Waals surface area contributed by atoms with E-state index >= 15 is 0 Å². The number of ether oxygens (including phenoxy) is 3. The molecule has 2 N–H and O–H groups in total. The van der Waals surface area contributed by atoms with Gasteiger partial charge in [0.2, 0.25) is 0 Å². The maximum atomic E-state index is 14.0. The highest BCUT2D eigenvalue weighted by Gasteiger charge is 2.46. The topological polar surface area (TPSA) is 123 Å². The molecule has 12 heteroatoms. The quantitative estimate of drug-likeness (QED) is 0.146. The highest BCUT2D eigenvalue weighted by atomic mass is 32.2. The Kier molecular flexibility index (Phi) is 13.1. The van der Waals surface area contributed by atoms with Crippen LogP contribution < -0.4 is 5.45 Å². The first-order chi connectivity index (χ1) is 23.1. The van der Waals surface area contributed by atoms with Gasteiger partial charge in [-0.1, -0.05) is 125 Å². The average molecular weight is 710 g/mol. The van der Waals surface area contributed by atoms with E-state index in [0.717, 1.165) is 21.0 Å². The second kappa shape index (κ2) is 16.7. The molecule has 4 rings (SSSR count). The first-order valence-corrected chi connectivity index (χ1v) is 20.8. The van der Waals surface area contributed by atoms with Gasteiger partial charge in [0.15, 0.2) is 0 Å². The van der Waals surface area contributed by atoms with Crippen molar-refractivity contribution in [3.63, 3.8) is 0 Å². The number of hydrogen-bond donors (Lipinski definition) is 2. The molecule has 0 aliphatic rings. The van der Waals surface area contributed by atoms with E-state index in [4.69, 9.17) is 14.2 Å². The van der Waals surface area contributed by atoms with E-state index < -0.39 is 42.7 Å². The molecule has 4 aromatic rings. The Morgan fingerprint density at radius 3 is 1.67 bits per heavy atom. The fourth-order valence-electron chi connectivity index (χ4n) is 5.17.